The van der Waals surface area contributed by atoms with Crippen LogP contribution in [0.5, 0.6) is 0 Å². The summed E-state index contributed by atoms with van der Waals surface area (Å²) >= 11 is 18.3. The molecular weight excluding hydrogens is 264 g/mol. The molecule has 0 N–H and O–H groups in total. The Morgan fingerprint density at radius 1 is 1.19 bits per heavy atom. The predicted molar refractivity (Wildman–Crippen MR) is 72.8 cm³/mol. The second kappa shape index (κ2) is 6.70. The minimum atomic E-state index is -0.0929. The lowest BCUT2D eigenvalue weighted by Gasteiger charge is -2.22. The Morgan fingerprint density at radius 2 is 1.81 bits per heavy atom. The summed E-state index contributed by atoms with van der Waals surface area (Å²) in [5.41, 5.74) is 0.944. The van der Waals surface area contributed by atoms with Crippen LogP contribution in [0, 0.1) is 0 Å². The summed E-state index contributed by atoms with van der Waals surface area (Å²) in [6, 6.07) is 5.45. The first-order chi connectivity index (χ1) is 7.58. The third kappa shape index (κ3) is 3.81. The van der Waals surface area contributed by atoms with E-state index in [0.717, 1.165) is 25.2 Å². The predicted octanol–water partition coefficient (Wildman–Crippen LogP) is 4.62. The fourth-order valence-electron chi connectivity index (χ4n) is 1.56. The monoisotopic (exact) mass is 279 g/mol. The van der Waals surface area contributed by atoms with Crippen LogP contribution in [0.2, 0.25) is 10.0 Å². The average molecular weight is 281 g/mol. The van der Waals surface area contributed by atoms with E-state index in [9.17, 15) is 0 Å². The maximum atomic E-state index is 6.35. The van der Waals surface area contributed by atoms with Crippen LogP contribution in [0.3, 0.4) is 0 Å². The number of nitrogens with zero attached hydrogens (tertiary/aromatic N) is 1. The first-order valence-corrected chi connectivity index (χ1v) is 6.59. The van der Waals surface area contributed by atoms with Gasteiger partial charge in [0.1, 0.15) is 0 Å². The van der Waals surface area contributed by atoms with E-state index in [1.54, 1.807) is 6.07 Å². The van der Waals surface area contributed by atoms with Gasteiger partial charge in [-0.25, -0.2) is 0 Å². The highest BCUT2D eigenvalue weighted by molar-refractivity contribution is 6.35. The van der Waals surface area contributed by atoms with Gasteiger partial charge in [-0.15, -0.1) is 11.6 Å². The van der Waals surface area contributed by atoms with Crippen LogP contribution in [0.25, 0.3) is 0 Å². The van der Waals surface area contributed by atoms with Gasteiger partial charge in [-0.05, 0) is 30.8 Å². The fraction of sp³-hybridized carbons (Fsp3) is 0.500. The molecule has 90 valence electrons. The van der Waals surface area contributed by atoms with Gasteiger partial charge in [0.05, 0.1) is 5.38 Å². The molecule has 1 aromatic carbocycles. The summed E-state index contributed by atoms with van der Waals surface area (Å²) in [4.78, 5) is 2.27. The second-order valence-electron chi connectivity index (χ2n) is 3.62. The zero-order valence-corrected chi connectivity index (χ0v) is 11.8. The number of halogens is 3. The van der Waals surface area contributed by atoms with E-state index < -0.39 is 0 Å². The number of hydrogen-bond donors (Lipinski definition) is 0. The normalized spacial score (nSPS) is 13.1. The Bertz CT molecular complexity index is 337. The zero-order valence-electron chi connectivity index (χ0n) is 9.51. The largest absolute Gasteiger partial charge is 0.302 e. The molecule has 0 radical (unpaired) electrons. The van der Waals surface area contributed by atoms with Gasteiger partial charge in [-0.3, -0.25) is 0 Å². The molecule has 0 saturated heterocycles. The molecule has 1 unspecified atom stereocenters. The minimum absolute atomic E-state index is 0.0929. The summed E-state index contributed by atoms with van der Waals surface area (Å²) in [6.07, 6.45) is 0. The smallest absolute Gasteiger partial charge is 0.0726 e. The molecule has 0 heterocycles. The maximum absolute atomic E-state index is 6.35. The van der Waals surface area contributed by atoms with Crippen molar-refractivity contribution in [2.24, 2.45) is 0 Å². The number of hydrogen-bond acceptors (Lipinski definition) is 1. The molecule has 4 heteroatoms. The molecule has 1 rings (SSSR count). The molecule has 0 aromatic heterocycles. The van der Waals surface area contributed by atoms with Crippen LogP contribution in [0.4, 0.5) is 0 Å². The molecule has 0 aliphatic rings. The van der Waals surface area contributed by atoms with Gasteiger partial charge >= 0.3 is 0 Å². The highest BCUT2D eigenvalue weighted by Gasteiger charge is 2.14. The fourth-order valence-corrected chi connectivity index (χ4v) is 2.54. The van der Waals surface area contributed by atoms with Gasteiger partial charge in [-0.1, -0.05) is 43.1 Å². The standard InChI is InChI=1S/C12H16Cl3N/c1-3-16(4-2)8-12(15)10-6-5-9(13)7-11(10)14/h5-7,12H,3-4,8H2,1-2H3. The molecule has 16 heavy (non-hydrogen) atoms. The van der Waals surface area contributed by atoms with Crippen LogP contribution in [0.1, 0.15) is 24.8 Å². The average Bonchev–Trinajstić information content (AvgIpc) is 2.25. The lowest BCUT2D eigenvalue weighted by atomic mass is 10.1. The Balaban J connectivity index is 2.76. The summed E-state index contributed by atoms with van der Waals surface area (Å²) in [6.45, 7) is 7.03. The topological polar surface area (TPSA) is 3.24 Å². The van der Waals surface area contributed by atoms with Gasteiger partial charge in [0, 0.05) is 16.6 Å². The molecule has 0 aliphatic carbocycles. The van der Waals surface area contributed by atoms with Gasteiger partial charge in [0.25, 0.3) is 0 Å². The van der Waals surface area contributed by atoms with Gasteiger partial charge < -0.3 is 4.90 Å². The molecule has 0 amide bonds. The van der Waals surface area contributed by atoms with E-state index in [2.05, 4.69) is 18.7 Å². The maximum Gasteiger partial charge on any atom is 0.0726 e. The van der Waals surface area contributed by atoms with Crippen LogP contribution in [-0.2, 0) is 0 Å². The van der Waals surface area contributed by atoms with Gasteiger partial charge in [-0.2, -0.15) is 0 Å². The van der Waals surface area contributed by atoms with Crippen molar-refractivity contribution in [1.29, 1.82) is 0 Å². The Kier molecular flexibility index (Phi) is 5.91. The highest BCUT2D eigenvalue weighted by Crippen LogP contribution is 2.30. The van der Waals surface area contributed by atoms with Crippen molar-refractivity contribution < 1.29 is 0 Å². The quantitative estimate of drug-likeness (QED) is 0.712. The van der Waals surface area contributed by atoms with E-state index in [-0.39, 0.29) is 5.38 Å². The van der Waals surface area contributed by atoms with Crippen molar-refractivity contribution in [2.45, 2.75) is 19.2 Å². The van der Waals surface area contributed by atoms with Crippen molar-refractivity contribution in [3.63, 3.8) is 0 Å². The van der Waals surface area contributed by atoms with Crippen LogP contribution in [0.15, 0.2) is 18.2 Å². The van der Waals surface area contributed by atoms with E-state index in [0.29, 0.717) is 10.0 Å². The summed E-state index contributed by atoms with van der Waals surface area (Å²) in [5.74, 6) is 0. The van der Waals surface area contributed by atoms with Gasteiger partial charge in [0.15, 0.2) is 0 Å². The minimum Gasteiger partial charge on any atom is -0.302 e. The van der Waals surface area contributed by atoms with Gasteiger partial charge in [0.2, 0.25) is 0 Å². The number of likely N-dealkylation sites (N-methyl/N-ethyl adjacent to an activating group) is 1. The Hall–Kier alpha value is 0.0500. The zero-order chi connectivity index (χ0) is 12.1. The molecule has 0 aliphatic heterocycles. The first-order valence-electron chi connectivity index (χ1n) is 5.39. The molecule has 0 saturated carbocycles. The lowest BCUT2D eigenvalue weighted by molar-refractivity contribution is 0.304. The van der Waals surface area contributed by atoms with Crippen molar-refractivity contribution in [1.82, 2.24) is 4.90 Å². The van der Waals surface area contributed by atoms with Crippen LogP contribution >= 0.6 is 34.8 Å². The van der Waals surface area contributed by atoms with Crippen molar-refractivity contribution in [3.05, 3.63) is 33.8 Å². The van der Waals surface area contributed by atoms with Crippen molar-refractivity contribution in [3.8, 4) is 0 Å². The van der Waals surface area contributed by atoms with Crippen molar-refractivity contribution >= 4 is 34.8 Å². The second-order valence-corrected chi connectivity index (χ2v) is 4.99. The summed E-state index contributed by atoms with van der Waals surface area (Å²) < 4.78 is 0. The van der Waals surface area contributed by atoms with Crippen LogP contribution in [-0.4, -0.2) is 24.5 Å². The number of alkyl halides is 1. The summed E-state index contributed by atoms with van der Waals surface area (Å²) in [5, 5.41) is 1.18. The number of benzene rings is 1. The van der Waals surface area contributed by atoms with Crippen molar-refractivity contribution in [2.75, 3.05) is 19.6 Å². The molecular formula is C12H16Cl3N. The molecule has 1 aromatic rings. The van der Waals surface area contributed by atoms with E-state index in [4.69, 9.17) is 34.8 Å². The molecule has 1 nitrogen and oxygen atoms in total. The Morgan fingerprint density at radius 3 is 2.31 bits per heavy atom. The Labute approximate surface area is 112 Å². The van der Waals surface area contributed by atoms with E-state index in [1.807, 2.05) is 12.1 Å². The molecule has 0 fully saturated rings. The first kappa shape index (κ1) is 14.1. The summed E-state index contributed by atoms with van der Waals surface area (Å²) in [7, 11) is 0. The van der Waals surface area contributed by atoms with E-state index >= 15 is 0 Å². The number of rotatable bonds is 5. The lowest BCUT2D eigenvalue weighted by Crippen LogP contribution is -2.26. The SMILES string of the molecule is CCN(CC)CC(Cl)c1ccc(Cl)cc1Cl. The highest BCUT2D eigenvalue weighted by atomic mass is 35.5. The third-order valence-corrected chi connectivity index (χ3v) is 3.55. The molecule has 0 spiro atoms. The van der Waals surface area contributed by atoms with E-state index in [1.165, 1.54) is 0 Å². The molecule has 0 bridgehead atoms. The van der Waals surface area contributed by atoms with Crippen LogP contribution < -0.4 is 0 Å². The third-order valence-electron chi connectivity index (χ3n) is 2.61. The molecule has 1 atom stereocenters.